The fraction of sp³-hybridized carbons (Fsp3) is 0.890. The maximum absolute atomic E-state index is 13.0. The lowest BCUT2D eigenvalue weighted by Gasteiger charge is -2.21. The Morgan fingerprint density at radius 1 is 0.359 bits per heavy atom. The summed E-state index contributed by atoms with van der Waals surface area (Å²) >= 11 is 0. The predicted molar refractivity (Wildman–Crippen MR) is 372 cm³/mol. The molecule has 3 N–H and O–H groups in total. The van der Waals surface area contributed by atoms with Gasteiger partial charge in [-0.05, 0) is 69.1 Å². The van der Waals surface area contributed by atoms with E-state index < -0.39 is 97.5 Å². The summed E-state index contributed by atoms with van der Waals surface area (Å²) in [4.78, 5) is 72.7. The van der Waals surface area contributed by atoms with E-state index in [1.54, 1.807) is 0 Å². The highest BCUT2D eigenvalue weighted by Gasteiger charge is 2.30. The molecule has 0 bridgehead atoms. The fourth-order valence-electron chi connectivity index (χ4n) is 10.5. The smallest absolute Gasteiger partial charge is 0.462 e. The van der Waals surface area contributed by atoms with E-state index in [0.717, 1.165) is 120 Å². The van der Waals surface area contributed by atoms with E-state index in [4.69, 9.17) is 37.0 Å². The molecule has 0 amide bonds. The van der Waals surface area contributed by atoms with Crippen LogP contribution in [0.5, 0.6) is 0 Å². The molecule has 0 heterocycles. The summed E-state index contributed by atoms with van der Waals surface area (Å²) in [5, 5.41) is 10.6. The van der Waals surface area contributed by atoms with Gasteiger partial charge in [-0.15, -0.1) is 0 Å². The van der Waals surface area contributed by atoms with Crippen molar-refractivity contribution in [2.24, 2.45) is 17.8 Å². The Hall–Kier alpha value is -2.46. The van der Waals surface area contributed by atoms with Crippen LogP contribution in [0.4, 0.5) is 0 Å². The second-order valence-electron chi connectivity index (χ2n) is 26.6. The number of ether oxygens (including phenoxy) is 4. The summed E-state index contributed by atoms with van der Waals surface area (Å²) in [6, 6.07) is 0. The van der Waals surface area contributed by atoms with Gasteiger partial charge in [0.2, 0.25) is 0 Å². The minimum atomic E-state index is -4.96. The number of rotatable bonds is 69. The van der Waals surface area contributed by atoms with Crippen LogP contribution in [0.2, 0.25) is 0 Å². The monoisotopic (exact) mass is 1350 g/mol. The molecule has 0 saturated heterocycles. The Kier molecular flexibility index (Phi) is 61.6. The molecule has 0 spiro atoms. The molecule has 0 saturated carbocycles. The van der Waals surface area contributed by atoms with Crippen molar-refractivity contribution in [1.82, 2.24) is 0 Å². The lowest BCUT2D eigenvalue weighted by Crippen LogP contribution is -2.30. The number of hydrogen-bond acceptors (Lipinski definition) is 15. The van der Waals surface area contributed by atoms with Crippen LogP contribution in [0.1, 0.15) is 344 Å². The summed E-state index contributed by atoms with van der Waals surface area (Å²) in [6.45, 7) is 11.8. The van der Waals surface area contributed by atoms with Crippen molar-refractivity contribution in [2.75, 3.05) is 39.6 Å². The fourth-order valence-corrected chi connectivity index (χ4v) is 12.0. The molecule has 92 heavy (non-hydrogen) atoms. The standard InChI is InChI=1S/C73H138O17P2/c1-8-11-12-13-14-15-16-17-18-19-20-25-35-42-49-56-72(77)89-68(60-83-70(75)54-47-40-33-24-22-21-23-30-37-44-51-64(4)5)62-87-91(79,80)85-58-67(74)59-86-92(81,82)88-63-69(90-73(78)57-50-43-36-29-27-32-39-46-53-66(7)10-3)61-84-71(76)55-48-41-34-28-26-31-38-45-52-65(6)9-2/h15-18,64-69,74H,8-14,19-63H2,1-7H3,(H,79,80)(H,81,82)/b16-15-,18-17-/t65?,66?,67-,68-,69-/m1/s1. The second-order valence-corrected chi connectivity index (χ2v) is 29.5. The topological polar surface area (TPSA) is 237 Å². The van der Waals surface area contributed by atoms with Gasteiger partial charge in [-0.1, -0.05) is 291 Å². The lowest BCUT2D eigenvalue weighted by atomic mass is 9.99. The second kappa shape index (κ2) is 63.3. The van der Waals surface area contributed by atoms with Crippen LogP contribution in [0.3, 0.4) is 0 Å². The molecular weight excluding hydrogens is 1210 g/mol. The average Bonchev–Trinajstić information content (AvgIpc) is 1.44. The zero-order valence-corrected chi connectivity index (χ0v) is 61.3. The molecule has 0 aromatic rings. The van der Waals surface area contributed by atoms with E-state index in [9.17, 15) is 43.2 Å². The summed E-state index contributed by atoms with van der Waals surface area (Å²) in [5.41, 5.74) is 0. The Morgan fingerprint density at radius 3 is 0.967 bits per heavy atom. The Labute approximate surface area is 561 Å². The summed E-state index contributed by atoms with van der Waals surface area (Å²) in [6.07, 6.45) is 50.6. The Balaban J connectivity index is 5.31. The first kappa shape index (κ1) is 89.5. The maximum Gasteiger partial charge on any atom is 0.472 e. The first-order chi connectivity index (χ1) is 44.3. The molecule has 0 rings (SSSR count). The highest BCUT2D eigenvalue weighted by Crippen LogP contribution is 2.45. The number of phosphoric acid groups is 2. The van der Waals surface area contributed by atoms with Crippen LogP contribution in [0.15, 0.2) is 24.3 Å². The predicted octanol–water partition coefficient (Wildman–Crippen LogP) is 20.6. The molecule has 4 unspecified atom stereocenters. The summed E-state index contributed by atoms with van der Waals surface area (Å²) < 4.78 is 68.4. The van der Waals surface area contributed by atoms with Crippen molar-refractivity contribution in [3.63, 3.8) is 0 Å². The number of phosphoric ester groups is 2. The molecule has 0 fully saturated rings. The van der Waals surface area contributed by atoms with E-state index in [-0.39, 0.29) is 25.7 Å². The van der Waals surface area contributed by atoms with Gasteiger partial charge in [0.1, 0.15) is 19.3 Å². The van der Waals surface area contributed by atoms with E-state index in [2.05, 4.69) is 72.8 Å². The van der Waals surface area contributed by atoms with Gasteiger partial charge in [0.05, 0.1) is 26.4 Å². The molecule has 0 aliphatic carbocycles. The molecule has 17 nitrogen and oxygen atoms in total. The van der Waals surface area contributed by atoms with Gasteiger partial charge < -0.3 is 33.8 Å². The highest BCUT2D eigenvalue weighted by molar-refractivity contribution is 7.47. The van der Waals surface area contributed by atoms with Crippen LogP contribution >= 0.6 is 15.6 Å². The summed E-state index contributed by atoms with van der Waals surface area (Å²) in [7, 11) is -9.92. The molecule has 7 atom stereocenters. The largest absolute Gasteiger partial charge is 0.472 e. The highest BCUT2D eigenvalue weighted by atomic mass is 31.2. The van der Waals surface area contributed by atoms with Gasteiger partial charge in [-0.25, -0.2) is 9.13 Å². The first-order valence-electron chi connectivity index (χ1n) is 37.2. The third-order valence-corrected chi connectivity index (χ3v) is 18.9. The number of esters is 4. The number of unbranched alkanes of at least 4 members (excludes halogenated alkanes) is 32. The third-order valence-electron chi connectivity index (χ3n) is 17.0. The molecular formula is C73H138O17P2. The maximum atomic E-state index is 13.0. The van der Waals surface area contributed by atoms with Crippen molar-refractivity contribution in [3.8, 4) is 0 Å². The van der Waals surface area contributed by atoms with Gasteiger partial charge in [-0.3, -0.25) is 37.3 Å². The van der Waals surface area contributed by atoms with Gasteiger partial charge in [-0.2, -0.15) is 0 Å². The molecule has 0 aliphatic rings. The number of carbonyl (C=O) groups is 4. The van der Waals surface area contributed by atoms with Gasteiger partial charge in [0, 0.05) is 25.7 Å². The minimum absolute atomic E-state index is 0.0843. The van der Waals surface area contributed by atoms with Gasteiger partial charge in [0.25, 0.3) is 0 Å². The number of hydrogen-bond donors (Lipinski definition) is 3. The molecule has 0 aromatic carbocycles. The zero-order valence-electron chi connectivity index (χ0n) is 59.5. The summed E-state index contributed by atoms with van der Waals surface area (Å²) in [5.74, 6) is 0.145. The molecule has 19 heteroatoms. The SMILES string of the molecule is CCCCCC/C=C\C=C/CCCCCCCC(=O)O[C@H](COC(=O)CCCCCCCCCCCCC(C)C)COP(=O)(O)OC[C@@H](O)COP(=O)(O)OC[C@@H](COC(=O)CCCCCCCCCCC(C)CC)OC(=O)CCCCCCCCCCC(C)CC. The number of aliphatic hydroxyl groups excluding tert-OH is 1. The third kappa shape index (κ3) is 63.6. The van der Waals surface area contributed by atoms with Crippen LogP contribution in [-0.2, 0) is 65.4 Å². The van der Waals surface area contributed by atoms with Crippen molar-refractivity contribution in [3.05, 3.63) is 24.3 Å². The van der Waals surface area contributed by atoms with E-state index in [1.165, 1.54) is 141 Å². The van der Waals surface area contributed by atoms with Crippen LogP contribution in [-0.4, -0.2) is 96.7 Å². The van der Waals surface area contributed by atoms with Crippen molar-refractivity contribution in [1.29, 1.82) is 0 Å². The molecule has 0 aromatic heterocycles. The van der Waals surface area contributed by atoms with Crippen molar-refractivity contribution >= 4 is 39.5 Å². The van der Waals surface area contributed by atoms with Crippen LogP contribution < -0.4 is 0 Å². The number of allylic oxidation sites excluding steroid dienone is 4. The molecule has 542 valence electrons. The van der Waals surface area contributed by atoms with E-state index >= 15 is 0 Å². The van der Waals surface area contributed by atoms with E-state index in [1.807, 2.05) is 0 Å². The Morgan fingerprint density at radius 2 is 0.641 bits per heavy atom. The van der Waals surface area contributed by atoms with Crippen LogP contribution in [0, 0.1) is 17.8 Å². The van der Waals surface area contributed by atoms with Crippen molar-refractivity contribution < 1.29 is 80.2 Å². The number of carbonyl (C=O) groups excluding carboxylic acids is 4. The average molecular weight is 1350 g/mol. The molecule has 0 radical (unpaired) electrons. The van der Waals surface area contributed by atoms with Gasteiger partial charge >= 0.3 is 39.5 Å². The van der Waals surface area contributed by atoms with Crippen LogP contribution in [0.25, 0.3) is 0 Å². The molecule has 0 aliphatic heterocycles. The number of aliphatic hydroxyl groups is 1. The zero-order chi connectivity index (χ0) is 68.0. The quantitative estimate of drug-likeness (QED) is 0.0169. The van der Waals surface area contributed by atoms with Crippen molar-refractivity contribution in [2.45, 2.75) is 362 Å². The van der Waals surface area contributed by atoms with Gasteiger partial charge in [0.15, 0.2) is 12.2 Å². The first-order valence-corrected chi connectivity index (χ1v) is 40.2. The Bertz CT molecular complexity index is 1900. The lowest BCUT2D eigenvalue weighted by molar-refractivity contribution is -0.161. The normalized spacial score (nSPS) is 14.9. The van der Waals surface area contributed by atoms with E-state index in [0.29, 0.717) is 25.7 Å². The minimum Gasteiger partial charge on any atom is -0.462 e.